The van der Waals surface area contributed by atoms with Gasteiger partial charge in [0.15, 0.2) is 0 Å². The van der Waals surface area contributed by atoms with Crippen LogP contribution in [0.1, 0.15) is 39.8 Å². The van der Waals surface area contributed by atoms with Crippen LogP contribution in [0, 0.1) is 0 Å². The zero-order valence-corrected chi connectivity index (χ0v) is 14.0. The average molecular weight is 306 g/mol. The summed E-state index contributed by atoms with van der Waals surface area (Å²) in [4.78, 5) is 24.7. The molecule has 1 saturated heterocycles. The van der Waals surface area contributed by atoms with Gasteiger partial charge in [-0.3, -0.25) is 0 Å². The summed E-state index contributed by atoms with van der Waals surface area (Å²) in [6.45, 7) is 10.6. The van der Waals surface area contributed by atoms with E-state index in [9.17, 15) is 4.79 Å². The largest absolute Gasteiger partial charge is 0.444 e. The molecule has 1 fully saturated rings. The van der Waals surface area contributed by atoms with Crippen molar-refractivity contribution in [3.8, 4) is 0 Å². The molecule has 0 atom stereocenters. The first-order valence-corrected chi connectivity index (χ1v) is 7.93. The van der Waals surface area contributed by atoms with E-state index in [4.69, 9.17) is 4.74 Å². The van der Waals surface area contributed by atoms with Crippen molar-refractivity contribution in [3.05, 3.63) is 18.1 Å². The Hall–Kier alpha value is -1.85. The van der Waals surface area contributed by atoms with Gasteiger partial charge in [-0.05, 0) is 27.2 Å². The number of carbonyl (C=O) groups excluding carboxylic acids is 1. The van der Waals surface area contributed by atoms with Crippen LogP contribution in [0.2, 0.25) is 0 Å². The van der Waals surface area contributed by atoms with E-state index in [0.29, 0.717) is 13.1 Å². The molecule has 0 radical (unpaired) electrons. The summed E-state index contributed by atoms with van der Waals surface area (Å²) in [6.07, 6.45) is 3.43. The first kappa shape index (κ1) is 16.5. The number of anilines is 1. The summed E-state index contributed by atoms with van der Waals surface area (Å²) in [5.41, 5.74) is 0.623. The zero-order valence-electron chi connectivity index (χ0n) is 14.0. The fraction of sp³-hybridized carbons (Fsp3) is 0.688. The molecule has 122 valence electrons. The SMILES string of the molecule is CCCc1cc(N2CCN(C(=O)OC(C)(C)C)CC2)ncn1. The molecule has 1 aliphatic heterocycles. The quantitative estimate of drug-likeness (QED) is 0.858. The predicted molar refractivity (Wildman–Crippen MR) is 86.0 cm³/mol. The van der Waals surface area contributed by atoms with Crippen LogP contribution in [-0.4, -0.2) is 52.7 Å². The molecule has 6 heteroatoms. The van der Waals surface area contributed by atoms with Gasteiger partial charge in [-0.25, -0.2) is 14.8 Å². The molecule has 2 rings (SSSR count). The van der Waals surface area contributed by atoms with Crippen molar-refractivity contribution in [3.63, 3.8) is 0 Å². The smallest absolute Gasteiger partial charge is 0.410 e. The second kappa shape index (κ2) is 6.94. The van der Waals surface area contributed by atoms with Gasteiger partial charge in [-0.15, -0.1) is 0 Å². The Kier molecular flexibility index (Phi) is 5.21. The third-order valence-corrected chi connectivity index (χ3v) is 3.47. The van der Waals surface area contributed by atoms with Crippen LogP contribution >= 0.6 is 0 Å². The molecule has 0 bridgehead atoms. The summed E-state index contributed by atoms with van der Waals surface area (Å²) in [5.74, 6) is 0.947. The topological polar surface area (TPSA) is 58.6 Å². The zero-order chi connectivity index (χ0) is 16.2. The second-order valence-corrected chi connectivity index (χ2v) is 6.57. The van der Waals surface area contributed by atoms with E-state index in [2.05, 4.69) is 21.8 Å². The van der Waals surface area contributed by atoms with E-state index in [1.54, 1.807) is 11.2 Å². The third kappa shape index (κ3) is 4.58. The molecule has 22 heavy (non-hydrogen) atoms. The molecule has 1 aliphatic rings. The maximum absolute atomic E-state index is 12.1. The van der Waals surface area contributed by atoms with Gasteiger partial charge in [0.1, 0.15) is 17.7 Å². The predicted octanol–water partition coefficient (Wildman–Crippen LogP) is 2.49. The number of ether oxygens (including phenoxy) is 1. The highest BCUT2D eigenvalue weighted by Gasteiger charge is 2.26. The van der Waals surface area contributed by atoms with Crippen LogP contribution in [0.3, 0.4) is 0 Å². The lowest BCUT2D eigenvalue weighted by Crippen LogP contribution is -2.50. The van der Waals surface area contributed by atoms with E-state index < -0.39 is 5.60 Å². The first-order valence-electron chi connectivity index (χ1n) is 7.93. The van der Waals surface area contributed by atoms with Crippen LogP contribution in [0.4, 0.5) is 10.6 Å². The molecular weight excluding hydrogens is 280 g/mol. The third-order valence-electron chi connectivity index (χ3n) is 3.47. The number of hydrogen-bond donors (Lipinski definition) is 0. The van der Waals surface area contributed by atoms with Crippen LogP contribution < -0.4 is 4.90 Å². The van der Waals surface area contributed by atoms with E-state index in [0.717, 1.165) is 37.4 Å². The van der Waals surface area contributed by atoms with Gasteiger partial charge in [0, 0.05) is 37.9 Å². The Morgan fingerprint density at radius 3 is 2.50 bits per heavy atom. The minimum atomic E-state index is -0.448. The number of carbonyl (C=O) groups is 1. The Labute approximate surface area is 132 Å². The summed E-state index contributed by atoms with van der Waals surface area (Å²) in [7, 11) is 0. The highest BCUT2D eigenvalue weighted by atomic mass is 16.6. The molecule has 0 unspecified atom stereocenters. The van der Waals surface area contributed by atoms with Crippen molar-refractivity contribution >= 4 is 11.9 Å². The highest BCUT2D eigenvalue weighted by Crippen LogP contribution is 2.16. The maximum Gasteiger partial charge on any atom is 0.410 e. The van der Waals surface area contributed by atoms with Crippen molar-refractivity contribution in [2.45, 2.75) is 46.1 Å². The summed E-state index contributed by atoms with van der Waals surface area (Å²) in [6, 6.07) is 2.05. The number of hydrogen-bond acceptors (Lipinski definition) is 5. The van der Waals surface area contributed by atoms with Crippen LogP contribution in [0.15, 0.2) is 12.4 Å². The maximum atomic E-state index is 12.1. The van der Waals surface area contributed by atoms with Crippen molar-refractivity contribution in [1.82, 2.24) is 14.9 Å². The lowest BCUT2D eigenvalue weighted by molar-refractivity contribution is 0.0240. The van der Waals surface area contributed by atoms with E-state index >= 15 is 0 Å². The van der Waals surface area contributed by atoms with Gasteiger partial charge in [-0.1, -0.05) is 13.3 Å². The van der Waals surface area contributed by atoms with Crippen molar-refractivity contribution in [1.29, 1.82) is 0 Å². The van der Waals surface area contributed by atoms with Crippen LogP contribution in [0.25, 0.3) is 0 Å². The molecule has 6 nitrogen and oxygen atoms in total. The molecule has 0 aromatic carbocycles. The minimum absolute atomic E-state index is 0.235. The van der Waals surface area contributed by atoms with Crippen molar-refractivity contribution < 1.29 is 9.53 Å². The fourth-order valence-electron chi connectivity index (χ4n) is 2.40. The number of amides is 1. The van der Waals surface area contributed by atoms with Crippen molar-refractivity contribution in [2.24, 2.45) is 0 Å². The average Bonchev–Trinajstić information content (AvgIpc) is 2.46. The summed E-state index contributed by atoms with van der Waals surface area (Å²) in [5, 5.41) is 0. The molecule has 2 heterocycles. The normalized spacial score (nSPS) is 15.8. The molecular formula is C16H26N4O2. The minimum Gasteiger partial charge on any atom is -0.444 e. The molecule has 0 spiro atoms. The van der Waals surface area contributed by atoms with Gasteiger partial charge in [0.25, 0.3) is 0 Å². The number of aromatic nitrogens is 2. The Bertz CT molecular complexity index is 505. The lowest BCUT2D eigenvalue weighted by atomic mass is 10.2. The molecule has 1 aromatic heterocycles. The molecule has 1 aromatic rings. The Morgan fingerprint density at radius 1 is 1.23 bits per heavy atom. The Balaban J connectivity index is 1.92. The van der Waals surface area contributed by atoms with Crippen molar-refractivity contribution in [2.75, 3.05) is 31.1 Å². The van der Waals surface area contributed by atoms with Crippen LogP contribution in [-0.2, 0) is 11.2 Å². The standard InChI is InChI=1S/C16H26N4O2/c1-5-6-13-11-14(18-12-17-13)19-7-9-20(10-8-19)15(21)22-16(2,3)4/h11-12H,5-10H2,1-4H3. The number of nitrogens with zero attached hydrogens (tertiary/aromatic N) is 4. The number of rotatable bonds is 3. The second-order valence-electron chi connectivity index (χ2n) is 6.57. The van der Waals surface area contributed by atoms with Gasteiger partial charge >= 0.3 is 6.09 Å². The summed E-state index contributed by atoms with van der Waals surface area (Å²) < 4.78 is 5.41. The Morgan fingerprint density at radius 2 is 1.91 bits per heavy atom. The summed E-state index contributed by atoms with van der Waals surface area (Å²) >= 11 is 0. The van der Waals surface area contributed by atoms with E-state index in [-0.39, 0.29) is 6.09 Å². The van der Waals surface area contributed by atoms with Gasteiger partial charge in [-0.2, -0.15) is 0 Å². The van der Waals surface area contributed by atoms with E-state index in [1.807, 2.05) is 26.8 Å². The number of piperazine rings is 1. The monoisotopic (exact) mass is 306 g/mol. The molecule has 0 N–H and O–H groups in total. The molecule has 0 aliphatic carbocycles. The van der Waals surface area contributed by atoms with Crippen LogP contribution in [0.5, 0.6) is 0 Å². The molecule has 1 amide bonds. The number of aryl methyl sites for hydroxylation is 1. The lowest BCUT2D eigenvalue weighted by Gasteiger charge is -2.36. The fourth-order valence-corrected chi connectivity index (χ4v) is 2.40. The van der Waals surface area contributed by atoms with Gasteiger partial charge in [0.05, 0.1) is 0 Å². The van der Waals surface area contributed by atoms with Gasteiger partial charge < -0.3 is 14.5 Å². The van der Waals surface area contributed by atoms with E-state index in [1.165, 1.54) is 0 Å². The molecule has 0 saturated carbocycles. The first-order chi connectivity index (χ1) is 10.4. The van der Waals surface area contributed by atoms with Gasteiger partial charge in [0.2, 0.25) is 0 Å². The highest BCUT2D eigenvalue weighted by molar-refractivity contribution is 5.68.